The van der Waals surface area contributed by atoms with E-state index in [4.69, 9.17) is 5.73 Å². The Morgan fingerprint density at radius 2 is 2.00 bits per heavy atom. The van der Waals surface area contributed by atoms with Crippen molar-refractivity contribution in [3.63, 3.8) is 0 Å². The molecule has 0 radical (unpaired) electrons. The minimum Gasteiger partial charge on any atom is -0.320 e. The van der Waals surface area contributed by atoms with E-state index in [-0.39, 0.29) is 24.2 Å². The molecule has 1 fully saturated rings. The molecule has 3 N–H and O–H groups in total. The van der Waals surface area contributed by atoms with Gasteiger partial charge in [0.1, 0.15) is 4.60 Å². The van der Waals surface area contributed by atoms with E-state index in [1.165, 1.54) is 22.4 Å². The number of carbonyl (C=O) groups excluding carboxylic acids is 2. The lowest BCUT2D eigenvalue weighted by molar-refractivity contribution is -0.142. The Kier molecular flexibility index (Phi) is 7.85. The van der Waals surface area contributed by atoms with E-state index in [0.717, 1.165) is 12.8 Å². The lowest BCUT2D eigenvalue weighted by Gasteiger charge is -2.31. The molecule has 8 nitrogen and oxygen atoms in total. The summed E-state index contributed by atoms with van der Waals surface area (Å²) < 4.78 is 0.577. The number of carbonyl (C=O) groups is 2. The van der Waals surface area contributed by atoms with Crippen molar-refractivity contribution in [3.05, 3.63) is 17.0 Å². The first kappa shape index (κ1) is 20.6. The highest BCUT2D eigenvalue weighted by atomic mass is 79.9. The molecule has 0 spiro atoms. The number of hydrogen-bond donors (Lipinski definition) is 2. The lowest BCUT2D eigenvalue weighted by Crippen LogP contribution is -2.53. The van der Waals surface area contributed by atoms with Gasteiger partial charge in [-0.1, -0.05) is 20.3 Å². The Balaban J connectivity index is 0.00000288. The number of amides is 3. The van der Waals surface area contributed by atoms with E-state index < -0.39 is 12.1 Å². The fourth-order valence-corrected chi connectivity index (χ4v) is 2.48. The molecular formula is C14H22BrClN6O2. The first-order valence-corrected chi connectivity index (χ1v) is 8.36. The topological polar surface area (TPSA) is 104 Å². The van der Waals surface area contributed by atoms with Crippen molar-refractivity contribution in [1.29, 1.82) is 0 Å². The summed E-state index contributed by atoms with van der Waals surface area (Å²) in [7, 11) is 0. The quantitative estimate of drug-likeness (QED) is 0.774. The SMILES string of the molecule is CC[C@H](C)[C@H](N)C(=O)N1CCCN1C(=O)Nc1cnc(Br)cn1.Cl. The molecule has 1 aromatic rings. The van der Waals surface area contributed by atoms with Gasteiger partial charge in [0.15, 0.2) is 5.82 Å². The van der Waals surface area contributed by atoms with Crippen LogP contribution in [0.4, 0.5) is 10.6 Å². The van der Waals surface area contributed by atoms with Crippen molar-refractivity contribution in [3.8, 4) is 0 Å². The maximum atomic E-state index is 12.5. The summed E-state index contributed by atoms with van der Waals surface area (Å²) in [6.45, 7) is 4.87. The van der Waals surface area contributed by atoms with Gasteiger partial charge in [-0.15, -0.1) is 12.4 Å². The molecule has 134 valence electrons. The molecule has 1 aromatic heterocycles. The van der Waals surface area contributed by atoms with Crippen molar-refractivity contribution in [1.82, 2.24) is 20.0 Å². The van der Waals surface area contributed by atoms with E-state index in [1.54, 1.807) is 0 Å². The standard InChI is InChI=1S/C14H21BrN6O2.ClH/c1-3-9(2)12(16)13(22)20-5-4-6-21(20)14(23)19-11-8-17-10(15)7-18-11;/h7-9,12H,3-6,16H2,1-2H3,(H,18,19,23);1H/t9-,12-;/m0./s1. The first-order chi connectivity index (χ1) is 10.9. The highest BCUT2D eigenvalue weighted by Crippen LogP contribution is 2.17. The highest BCUT2D eigenvalue weighted by Gasteiger charge is 2.34. The number of nitrogens with two attached hydrogens (primary N) is 1. The van der Waals surface area contributed by atoms with Crippen LogP contribution < -0.4 is 11.1 Å². The molecule has 10 heteroatoms. The van der Waals surface area contributed by atoms with E-state index >= 15 is 0 Å². The van der Waals surface area contributed by atoms with Crippen LogP contribution >= 0.6 is 28.3 Å². The maximum absolute atomic E-state index is 12.5. The zero-order chi connectivity index (χ0) is 17.0. The summed E-state index contributed by atoms with van der Waals surface area (Å²) >= 11 is 3.18. The molecule has 2 heterocycles. The molecule has 0 aromatic carbocycles. The minimum absolute atomic E-state index is 0. The van der Waals surface area contributed by atoms with Crippen molar-refractivity contribution in [2.45, 2.75) is 32.7 Å². The third-order valence-corrected chi connectivity index (χ3v) is 4.33. The van der Waals surface area contributed by atoms with Gasteiger partial charge in [-0.3, -0.25) is 10.1 Å². The molecule has 0 aliphatic carbocycles. The average Bonchev–Trinajstić information content (AvgIpc) is 3.04. The second-order valence-electron chi connectivity index (χ2n) is 5.50. The van der Waals surface area contributed by atoms with Crippen LogP contribution in [0.15, 0.2) is 17.0 Å². The zero-order valence-electron chi connectivity index (χ0n) is 13.6. The van der Waals surface area contributed by atoms with Crippen LogP contribution in [-0.2, 0) is 4.79 Å². The maximum Gasteiger partial charge on any atom is 0.341 e. The largest absolute Gasteiger partial charge is 0.341 e. The zero-order valence-corrected chi connectivity index (χ0v) is 16.0. The summed E-state index contributed by atoms with van der Waals surface area (Å²) in [4.78, 5) is 32.9. The third kappa shape index (κ3) is 4.78. The Hall–Kier alpha value is -1.45. The number of rotatable bonds is 4. The summed E-state index contributed by atoms with van der Waals surface area (Å²) in [5.41, 5.74) is 6.01. The van der Waals surface area contributed by atoms with Gasteiger partial charge in [-0.2, -0.15) is 0 Å². The highest BCUT2D eigenvalue weighted by molar-refractivity contribution is 9.10. The number of aromatic nitrogens is 2. The smallest absolute Gasteiger partial charge is 0.320 e. The number of nitrogens with one attached hydrogen (secondary N) is 1. The number of hydrazine groups is 1. The Morgan fingerprint density at radius 3 is 2.58 bits per heavy atom. The number of hydrogen-bond acceptors (Lipinski definition) is 5. The van der Waals surface area contributed by atoms with E-state index in [1.807, 2.05) is 13.8 Å². The van der Waals surface area contributed by atoms with Crippen molar-refractivity contribution < 1.29 is 9.59 Å². The second-order valence-corrected chi connectivity index (χ2v) is 6.32. The second kappa shape index (κ2) is 9.14. The van der Waals surface area contributed by atoms with Crippen LogP contribution in [0.25, 0.3) is 0 Å². The van der Waals surface area contributed by atoms with Crippen LogP contribution in [-0.4, -0.2) is 51.1 Å². The first-order valence-electron chi connectivity index (χ1n) is 7.57. The average molecular weight is 422 g/mol. The summed E-state index contributed by atoms with van der Waals surface area (Å²) in [5, 5.41) is 5.45. The Labute approximate surface area is 155 Å². The molecule has 0 saturated carbocycles. The van der Waals surface area contributed by atoms with Gasteiger partial charge in [-0.05, 0) is 28.3 Å². The van der Waals surface area contributed by atoms with Gasteiger partial charge in [0, 0.05) is 13.1 Å². The monoisotopic (exact) mass is 420 g/mol. The third-order valence-electron chi connectivity index (χ3n) is 3.92. The normalized spacial score (nSPS) is 16.3. The van der Waals surface area contributed by atoms with Gasteiger partial charge in [0.05, 0.1) is 18.4 Å². The van der Waals surface area contributed by atoms with E-state index in [9.17, 15) is 9.59 Å². The van der Waals surface area contributed by atoms with Crippen LogP contribution in [0.5, 0.6) is 0 Å². The van der Waals surface area contributed by atoms with Crippen molar-refractivity contribution >= 4 is 46.1 Å². The molecule has 0 bridgehead atoms. The molecule has 2 atom stereocenters. The summed E-state index contributed by atoms with van der Waals surface area (Å²) in [6.07, 6.45) is 4.45. The predicted molar refractivity (Wildman–Crippen MR) is 96.5 cm³/mol. The molecule has 0 unspecified atom stereocenters. The fraction of sp³-hybridized carbons (Fsp3) is 0.571. The van der Waals surface area contributed by atoms with Crippen LogP contribution in [0, 0.1) is 5.92 Å². The van der Waals surface area contributed by atoms with Gasteiger partial charge in [-0.25, -0.2) is 24.8 Å². The molecule has 1 saturated heterocycles. The van der Waals surface area contributed by atoms with Gasteiger partial charge in [0.25, 0.3) is 5.91 Å². The van der Waals surface area contributed by atoms with Crippen molar-refractivity contribution in [2.75, 3.05) is 18.4 Å². The summed E-state index contributed by atoms with van der Waals surface area (Å²) in [6, 6.07) is -1.02. The number of urea groups is 1. The summed E-state index contributed by atoms with van der Waals surface area (Å²) in [5.74, 6) is 0.156. The van der Waals surface area contributed by atoms with Crippen LogP contribution in [0.2, 0.25) is 0 Å². The molecule has 3 amide bonds. The van der Waals surface area contributed by atoms with E-state index in [2.05, 4.69) is 31.2 Å². The number of nitrogens with zero attached hydrogens (tertiary/aromatic N) is 4. The van der Waals surface area contributed by atoms with Crippen LogP contribution in [0.3, 0.4) is 0 Å². The predicted octanol–water partition coefficient (Wildman–Crippen LogP) is 2.02. The number of halogens is 2. The minimum atomic E-state index is -0.610. The van der Waals surface area contributed by atoms with Crippen molar-refractivity contribution in [2.24, 2.45) is 11.7 Å². The molecule has 1 aliphatic rings. The Bertz CT molecular complexity index is 573. The molecule has 24 heavy (non-hydrogen) atoms. The van der Waals surface area contributed by atoms with Gasteiger partial charge in [0.2, 0.25) is 0 Å². The molecule has 1 aliphatic heterocycles. The molecular weight excluding hydrogens is 400 g/mol. The Morgan fingerprint density at radius 1 is 1.33 bits per heavy atom. The lowest BCUT2D eigenvalue weighted by atomic mass is 9.99. The van der Waals surface area contributed by atoms with E-state index in [0.29, 0.717) is 23.5 Å². The van der Waals surface area contributed by atoms with Gasteiger partial charge >= 0.3 is 6.03 Å². The van der Waals surface area contributed by atoms with Crippen LogP contribution in [0.1, 0.15) is 26.7 Å². The fourth-order valence-electron chi connectivity index (χ4n) is 2.27. The van der Waals surface area contributed by atoms with Gasteiger partial charge < -0.3 is 5.73 Å². The molecule has 2 rings (SSSR count). The number of anilines is 1.